The van der Waals surface area contributed by atoms with Gasteiger partial charge in [0.25, 0.3) is 0 Å². The van der Waals surface area contributed by atoms with Crippen LogP contribution in [0.4, 0.5) is 5.95 Å². The van der Waals surface area contributed by atoms with Crippen LogP contribution < -0.4 is 5.32 Å². The van der Waals surface area contributed by atoms with E-state index in [0.717, 1.165) is 5.69 Å². The van der Waals surface area contributed by atoms with Gasteiger partial charge in [-0.15, -0.1) is 0 Å². The molecule has 0 radical (unpaired) electrons. The highest BCUT2D eigenvalue weighted by molar-refractivity contribution is 6.32. The quantitative estimate of drug-likeness (QED) is 0.911. The summed E-state index contributed by atoms with van der Waals surface area (Å²) in [5, 5.41) is 7.78. The fourth-order valence-electron chi connectivity index (χ4n) is 1.40. The monoisotopic (exact) mass is 251 g/mol. The second-order valence-corrected chi connectivity index (χ2v) is 4.36. The summed E-state index contributed by atoms with van der Waals surface area (Å²) in [6, 6.07) is 1.96. The maximum atomic E-state index is 6.06. The molecule has 0 aromatic carbocycles. The highest BCUT2D eigenvalue weighted by Crippen LogP contribution is 2.19. The fraction of sp³-hybridized carbons (Fsp3) is 0.364. The minimum Gasteiger partial charge on any atom is -0.357 e. The minimum absolute atomic E-state index is 0.376. The Balaban J connectivity index is 2.44. The van der Waals surface area contributed by atoms with Crippen LogP contribution in [0.15, 0.2) is 18.5 Å². The first-order valence-electron chi connectivity index (χ1n) is 5.38. The molecule has 0 aliphatic heterocycles. The predicted octanol–water partition coefficient (Wildman–Crippen LogP) is 2.48. The molecule has 2 aromatic heterocycles. The van der Waals surface area contributed by atoms with Crippen molar-refractivity contribution in [3.8, 4) is 5.82 Å². The topological polar surface area (TPSA) is 55.6 Å². The third-order valence-corrected chi connectivity index (χ3v) is 2.63. The van der Waals surface area contributed by atoms with Crippen LogP contribution in [0.5, 0.6) is 0 Å². The maximum Gasteiger partial charge on any atom is 0.224 e. The van der Waals surface area contributed by atoms with Gasteiger partial charge >= 0.3 is 0 Å². The molecule has 17 heavy (non-hydrogen) atoms. The van der Waals surface area contributed by atoms with Gasteiger partial charge in [-0.2, -0.15) is 10.1 Å². The molecule has 2 aromatic rings. The van der Waals surface area contributed by atoms with Gasteiger partial charge in [0.1, 0.15) is 5.02 Å². The fourth-order valence-corrected chi connectivity index (χ4v) is 1.58. The molecule has 0 aliphatic rings. The van der Waals surface area contributed by atoms with Crippen LogP contribution in [-0.4, -0.2) is 26.8 Å². The summed E-state index contributed by atoms with van der Waals surface area (Å²) >= 11 is 6.06. The van der Waals surface area contributed by atoms with Crippen molar-refractivity contribution in [2.24, 2.45) is 0 Å². The lowest BCUT2D eigenvalue weighted by molar-refractivity contribution is 0.756. The summed E-state index contributed by atoms with van der Waals surface area (Å²) in [4.78, 5) is 8.31. The van der Waals surface area contributed by atoms with Crippen LogP contribution in [0.3, 0.4) is 0 Å². The molecule has 0 spiro atoms. The number of aromatic nitrogens is 4. The first kappa shape index (κ1) is 11.9. The summed E-state index contributed by atoms with van der Waals surface area (Å²) in [5.41, 5.74) is 1.01. The van der Waals surface area contributed by atoms with Gasteiger partial charge < -0.3 is 5.32 Å². The highest BCUT2D eigenvalue weighted by atomic mass is 35.5. The second-order valence-electron chi connectivity index (χ2n) is 3.96. The molecular weight excluding hydrogens is 238 g/mol. The number of anilines is 1. The maximum absolute atomic E-state index is 6.06. The average molecular weight is 252 g/mol. The lowest BCUT2D eigenvalue weighted by Crippen LogP contribution is -2.05. The van der Waals surface area contributed by atoms with Crippen molar-refractivity contribution in [3.63, 3.8) is 0 Å². The zero-order valence-corrected chi connectivity index (χ0v) is 10.7. The SMILES string of the molecule is CNc1ncc(Cl)c(-n2ccc(C(C)C)n2)n1. The molecule has 0 saturated carbocycles. The second kappa shape index (κ2) is 4.71. The van der Waals surface area contributed by atoms with Gasteiger partial charge in [0.2, 0.25) is 5.95 Å². The molecule has 0 amide bonds. The van der Waals surface area contributed by atoms with Crippen LogP contribution >= 0.6 is 11.6 Å². The Bertz CT molecular complexity index is 520. The Morgan fingerprint density at radius 3 is 2.76 bits per heavy atom. The molecular formula is C11H14ClN5. The van der Waals surface area contributed by atoms with E-state index in [2.05, 4.69) is 34.2 Å². The predicted molar refractivity (Wildman–Crippen MR) is 67.8 cm³/mol. The Hall–Kier alpha value is -1.62. The van der Waals surface area contributed by atoms with Gasteiger partial charge in [0, 0.05) is 13.2 Å². The van der Waals surface area contributed by atoms with Gasteiger partial charge in [-0.05, 0) is 12.0 Å². The number of hydrogen-bond acceptors (Lipinski definition) is 4. The van der Waals surface area contributed by atoms with Crippen molar-refractivity contribution in [1.82, 2.24) is 19.7 Å². The Morgan fingerprint density at radius 2 is 2.18 bits per heavy atom. The first-order chi connectivity index (χ1) is 8.11. The molecule has 2 heterocycles. The van der Waals surface area contributed by atoms with E-state index in [1.807, 2.05) is 12.3 Å². The van der Waals surface area contributed by atoms with Gasteiger partial charge in [0.05, 0.1) is 11.9 Å². The molecule has 90 valence electrons. The molecule has 6 heteroatoms. The van der Waals surface area contributed by atoms with E-state index in [1.54, 1.807) is 17.9 Å². The van der Waals surface area contributed by atoms with Crippen molar-refractivity contribution in [2.45, 2.75) is 19.8 Å². The van der Waals surface area contributed by atoms with Crippen LogP contribution in [0, 0.1) is 0 Å². The number of nitrogens with one attached hydrogen (secondary N) is 1. The largest absolute Gasteiger partial charge is 0.357 e. The van der Waals surface area contributed by atoms with E-state index in [-0.39, 0.29) is 0 Å². The van der Waals surface area contributed by atoms with Crippen LogP contribution in [0.25, 0.3) is 5.82 Å². The molecule has 2 rings (SSSR count). The zero-order chi connectivity index (χ0) is 12.4. The average Bonchev–Trinajstić information content (AvgIpc) is 2.79. The van der Waals surface area contributed by atoms with Gasteiger partial charge in [-0.3, -0.25) is 0 Å². The first-order valence-corrected chi connectivity index (χ1v) is 5.76. The van der Waals surface area contributed by atoms with E-state index in [4.69, 9.17) is 11.6 Å². The normalized spacial score (nSPS) is 10.9. The molecule has 0 aliphatic carbocycles. The minimum atomic E-state index is 0.376. The third kappa shape index (κ3) is 2.39. The lowest BCUT2D eigenvalue weighted by Gasteiger charge is -2.05. The molecule has 0 fully saturated rings. The van der Waals surface area contributed by atoms with Crippen molar-refractivity contribution in [3.05, 3.63) is 29.2 Å². The summed E-state index contributed by atoms with van der Waals surface area (Å²) in [6.45, 7) is 4.18. The van der Waals surface area contributed by atoms with E-state index in [0.29, 0.717) is 22.7 Å². The highest BCUT2D eigenvalue weighted by Gasteiger charge is 2.10. The molecule has 0 atom stereocenters. The molecule has 5 nitrogen and oxygen atoms in total. The third-order valence-electron chi connectivity index (χ3n) is 2.37. The Labute approximate surface area is 105 Å². The Morgan fingerprint density at radius 1 is 1.41 bits per heavy atom. The molecule has 0 unspecified atom stereocenters. The van der Waals surface area contributed by atoms with E-state index < -0.39 is 0 Å². The Kier molecular flexibility index (Phi) is 3.28. The lowest BCUT2D eigenvalue weighted by atomic mass is 10.1. The van der Waals surface area contributed by atoms with E-state index in [1.165, 1.54) is 0 Å². The van der Waals surface area contributed by atoms with Crippen LogP contribution in [0.1, 0.15) is 25.5 Å². The van der Waals surface area contributed by atoms with Gasteiger partial charge in [-0.1, -0.05) is 25.4 Å². The van der Waals surface area contributed by atoms with Crippen molar-refractivity contribution in [2.75, 3.05) is 12.4 Å². The van der Waals surface area contributed by atoms with Crippen molar-refractivity contribution in [1.29, 1.82) is 0 Å². The van der Waals surface area contributed by atoms with Gasteiger partial charge in [-0.25, -0.2) is 9.67 Å². The van der Waals surface area contributed by atoms with Crippen molar-refractivity contribution < 1.29 is 0 Å². The molecule has 1 N–H and O–H groups in total. The van der Waals surface area contributed by atoms with Crippen LogP contribution in [0.2, 0.25) is 5.02 Å². The zero-order valence-electron chi connectivity index (χ0n) is 9.98. The van der Waals surface area contributed by atoms with Crippen molar-refractivity contribution >= 4 is 17.5 Å². The molecule has 0 bridgehead atoms. The standard InChI is InChI=1S/C11H14ClN5/c1-7(2)9-4-5-17(16-9)10-8(12)6-14-11(13-3)15-10/h4-7H,1-3H3,(H,13,14,15). The summed E-state index contributed by atoms with van der Waals surface area (Å²) in [6.07, 6.45) is 3.41. The summed E-state index contributed by atoms with van der Waals surface area (Å²) in [7, 11) is 1.76. The van der Waals surface area contributed by atoms with E-state index >= 15 is 0 Å². The number of hydrogen-bond donors (Lipinski definition) is 1. The smallest absolute Gasteiger partial charge is 0.224 e. The summed E-state index contributed by atoms with van der Waals surface area (Å²) in [5.74, 6) is 1.48. The number of halogens is 1. The van der Waals surface area contributed by atoms with Gasteiger partial charge in [0.15, 0.2) is 5.82 Å². The number of nitrogens with zero attached hydrogens (tertiary/aromatic N) is 4. The number of rotatable bonds is 3. The summed E-state index contributed by atoms with van der Waals surface area (Å²) < 4.78 is 1.67. The van der Waals surface area contributed by atoms with E-state index in [9.17, 15) is 0 Å². The van der Waals surface area contributed by atoms with Crippen LogP contribution in [-0.2, 0) is 0 Å². The molecule has 0 saturated heterocycles.